The molecular weight excluding hydrogens is 446 g/mol. The number of carbonyl (C=O) groups excluding carboxylic acids is 1. The van der Waals surface area contributed by atoms with Crippen LogP contribution in [-0.4, -0.2) is 16.1 Å². The van der Waals surface area contributed by atoms with Crippen LogP contribution in [0.2, 0.25) is 0 Å². The number of carbonyl (C=O) groups is 1. The van der Waals surface area contributed by atoms with Crippen molar-refractivity contribution >= 4 is 34.6 Å². The summed E-state index contributed by atoms with van der Waals surface area (Å²) in [5, 5.41) is 11.8. The van der Waals surface area contributed by atoms with Gasteiger partial charge in [-0.2, -0.15) is 5.10 Å². The number of benzene rings is 3. The van der Waals surface area contributed by atoms with Gasteiger partial charge < -0.3 is 10.1 Å². The monoisotopic (exact) mass is 475 g/mol. The van der Waals surface area contributed by atoms with Gasteiger partial charge in [0.25, 0.3) is 0 Å². The largest absolute Gasteiger partial charge is 0.457 e. The summed E-state index contributed by atoms with van der Waals surface area (Å²) in [6, 6.07) is 23.8. The van der Waals surface area contributed by atoms with Crippen molar-refractivity contribution in [3.8, 4) is 11.5 Å². The minimum atomic E-state index is -0.158. The van der Waals surface area contributed by atoms with E-state index in [9.17, 15) is 4.79 Å². The van der Waals surface area contributed by atoms with Crippen LogP contribution in [0.1, 0.15) is 43.9 Å². The van der Waals surface area contributed by atoms with Gasteiger partial charge in [-0.25, -0.2) is 0 Å². The summed E-state index contributed by atoms with van der Waals surface area (Å²) in [5.74, 6) is 2.90. The second-order valence-electron chi connectivity index (χ2n) is 11.2. The maximum Gasteiger partial charge on any atom is 0.230 e. The summed E-state index contributed by atoms with van der Waals surface area (Å²) in [6.45, 7) is 2.38. The summed E-state index contributed by atoms with van der Waals surface area (Å²) in [4.78, 5) is 13.4. The predicted octanol–water partition coefficient (Wildman–Crippen LogP) is 7.29. The van der Waals surface area contributed by atoms with Gasteiger partial charge in [0.1, 0.15) is 11.5 Å². The molecule has 1 amide bonds. The SMILES string of the molecule is C[C@@]12C[C@H]3C[C@H]1C[C@@]3(C(=O)Nc1cccc(Oc3ccc4c(/C=C/c5ccccc5)n[nH]c4c3)c1)C2. The zero-order valence-electron chi connectivity index (χ0n) is 20.3. The van der Waals surface area contributed by atoms with E-state index in [-0.39, 0.29) is 11.3 Å². The predicted molar refractivity (Wildman–Crippen MR) is 143 cm³/mol. The Morgan fingerprint density at radius 3 is 2.61 bits per heavy atom. The lowest BCUT2D eigenvalue weighted by molar-refractivity contribution is -0.126. The van der Waals surface area contributed by atoms with Gasteiger partial charge in [0.15, 0.2) is 0 Å². The highest BCUT2D eigenvalue weighted by Crippen LogP contribution is 2.75. The zero-order chi connectivity index (χ0) is 24.3. The molecule has 0 aliphatic heterocycles. The normalized spacial score (nSPS) is 27.9. The maximum absolute atomic E-state index is 13.4. The highest BCUT2D eigenvalue weighted by Gasteiger charge is 2.71. The third-order valence-corrected chi connectivity index (χ3v) is 8.96. The lowest BCUT2D eigenvalue weighted by Gasteiger charge is -2.27. The van der Waals surface area contributed by atoms with E-state index in [1.165, 1.54) is 12.8 Å². The van der Waals surface area contributed by atoms with Crippen molar-refractivity contribution in [1.29, 1.82) is 0 Å². The summed E-state index contributed by atoms with van der Waals surface area (Å²) in [6.07, 6.45) is 8.62. The van der Waals surface area contributed by atoms with Crippen LogP contribution >= 0.6 is 0 Å². The number of H-pyrrole nitrogens is 1. The average Bonchev–Trinajstić information content (AvgIpc) is 3.65. The standard InChI is InChI=1S/C31H29N3O2/c1-30-17-22-14-21(30)18-31(22,19-30)29(35)32-23-8-5-9-24(15-23)36-25-11-12-26-27(33-34-28(26)16-25)13-10-20-6-3-2-4-7-20/h2-13,15-16,21-22H,14,17-19H2,1H3,(H,32,35)(H,33,34)/b13-10+/t21-,22+,30-,31+/m0/s1. The van der Waals surface area contributed by atoms with Gasteiger partial charge >= 0.3 is 0 Å². The van der Waals surface area contributed by atoms with E-state index in [0.29, 0.717) is 17.1 Å². The fourth-order valence-corrected chi connectivity index (χ4v) is 7.29. The van der Waals surface area contributed by atoms with Crippen molar-refractivity contribution in [3.05, 3.63) is 84.1 Å². The molecule has 3 aromatic carbocycles. The molecular formula is C31H29N3O2. The molecule has 1 heterocycles. The van der Waals surface area contributed by atoms with Gasteiger partial charge in [-0.15, -0.1) is 0 Å². The number of nitrogens with one attached hydrogen (secondary N) is 2. The molecule has 0 spiro atoms. The molecule has 8 rings (SSSR count). The molecule has 180 valence electrons. The van der Waals surface area contributed by atoms with Crippen molar-refractivity contribution < 1.29 is 9.53 Å². The lowest BCUT2D eigenvalue weighted by Crippen LogP contribution is -2.35. The van der Waals surface area contributed by atoms with Crippen molar-refractivity contribution in [3.63, 3.8) is 0 Å². The van der Waals surface area contributed by atoms with Crippen LogP contribution in [0.15, 0.2) is 72.8 Å². The van der Waals surface area contributed by atoms with Crippen LogP contribution in [0.3, 0.4) is 0 Å². The van der Waals surface area contributed by atoms with E-state index in [1.54, 1.807) is 0 Å². The molecule has 0 saturated heterocycles. The van der Waals surface area contributed by atoms with E-state index in [2.05, 4.69) is 40.6 Å². The second kappa shape index (κ2) is 7.82. The Hall–Kier alpha value is -3.86. The molecule has 4 aromatic rings. The first-order valence-corrected chi connectivity index (χ1v) is 12.8. The molecule has 36 heavy (non-hydrogen) atoms. The van der Waals surface area contributed by atoms with Crippen LogP contribution in [-0.2, 0) is 4.79 Å². The van der Waals surface area contributed by atoms with Crippen molar-refractivity contribution in [2.24, 2.45) is 22.7 Å². The Bertz CT molecular complexity index is 1510. The van der Waals surface area contributed by atoms with Crippen molar-refractivity contribution in [1.82, 2.24) is 10.2 Å². The Morgan fingerprint density at radius 2 is 1.86 bits per heavy atom. The number of amides is 1. The van der Waals surface area contributed by atoms with Crippen molar-refractivity contribution in [2.45, 2.75) is 32.6 Å². The molecule has 4 atom stereocenters. The Balaban J connectivity index is 1.06. The van der Waals surface area contributed by atoms with Crippen LogP contribution in [0.25, 0.3) is 23.1 Å². The smallest absolute Gasteiger partial charge is 0.230 e. The van der Waals surface area contributed by atoms with Gasteiger partial charge in [-0.3, -0.25) is 9.89 Å². The Kier molecular flexibility index (Phi) is 4.65. The minimum Gasteiger partial charge on any atom is -0.457 e. The molecule has 2 N–H and O–H groups in total. The minimum absolute atomic E-state index is 0.158. The summed E-state index contributed by atoms with van der Waals surface area (Å²) in [5.41, 5.74) is 3.95. The zero-order valence-corrected chi connectivity index (χ0v) is 20.3. The van der Waals surface area contributed by atoms with E-state index in [1.807, 2.05) is 66.7 Å². The number of rotatable bonds is 6. The first kappa shape index (κ1) is 21.4. The van der Waals surface area contributed by atoms with Gasteiger partial charge in [0, 0.05) is 23.2 Å². The van der Waals surface area contributed by atoms with Crippen LogP contribution in [0, 0.1) is 22.7 Å². The van der Waals surface area contributed by atoms with Gasteiger partial charge in [-0.05, 0) is 78.8 Å². The van der Waals surface area contributed by atoms with E-state index in [4.69, 9.17) is 4.74 Å². The number of ether oxygens (including phenoxy) is 1. The molecule has 4 fully saturated rings. The fraction of sp³-hybridized carbons (Fsp3) is 0.290. The molecule has 4 saturated carbocycles. The first-order chi connectivity index (χ1) is 17.5. The third kappa shape index (κ3) is 3.37. The highest BCUT2D eigenvalue weighted by molar-refractivity contribution is 5.97. The highest BCUT2D eigenvalue weighted by atomic mass is 16.5. The first-order valence-electron chi connectivity index (χ1n) is 12.8. The quantitative estimate of drug-likeness (QED) is 0.308. The van der Waals surface area contributed by atoms with E-state index >= 15 is 0 Å². The average molecular weight is 476 g/mol. The Labute approximate surface area is 210 Å². The van der Waals surface area contributed by atoms with Gasteiger partial charge in [-0.1, -0.05) is 49.4 Å². The number of hydrogen-bond acceptors (Lipinski definition) is 3. The van der Waals surface area contributed by atoms with Crippen LogP contribution in [0.5, 0.6) is 11.5 Å². The molecule has 0 unspecified atom stereocenters. The second-order valence-corrected chi connectivity index (χ2v) is 11.2. The van der Waals surface area contributed by atoms with Crippen LogP contribution < -0.4 is 10.1 Å². The number of hydrogen-bond donors (Lipinski definition) is 2. The number of nitrogens with zero attached hydrogens (tertiary/aromatic N) is 1. The van der Waals surface area contributed by atoms with E-state index < -0.39 is 0 Å². The summed E-state index contributed by atoms with van der Waals surface area (Å²) >= 11 is 0. The van der Waals surface area contributed by atoms with Crippen LogP contribution in [0.4, 0.5) is 5.69 Å². The van der Waals surface area contributed by atoms with Crippen molar-refractivity contribution in [2.75, 3.05) is 5.32 Å². The van der Waals surface area contributed by atoms with Gasteiger partial charge in [0.2, 0.25) is 5.91 Å². The maximum atomic E-state index is 13.4. The number of fused-ring (bicyclic) bond motifs is 1. The molecule has 1 aromatic heterocycles. The lowest BCUT2D eigenvalue weighted by atomic mass is 9.79. The fourth-order valence-electron chi connectivity index (χ4n) is 7.29. The Morgan fingerprint density at radius 1 is 1.00 bits per heavy atom. The van der Waals surface area contributed by atoms with E-state index in [0.717, 1.165) is 52.4 Å². The number of aromatic nitrogens is 2. The molecule has 4 bridgehead atoms. The summed E-state index contributed by atoms with van der Waals surface area (Å²) in [7, 11) is 0. The molecule has 4 aliphatic carbocycles. The van der Waals surface area contributed by atoms with Gasteiger partial charge in [0.05, 0.1) is 16.6 Å². The molecule has 5 nitrogen and oxygen atoms in total. The molecule has 4 aliphatic rings. The number of anilines is 1. The third-order valence-electron chi connectivity index (χ3n) is 8.96. The molecule has 5 heteroatoms. The number of aromatic amines is 1. The topological polar surface area (TPSA) is 67.0 Å². The summed E-state index contributed by atoms with van der Waals surface area (Å²) < 4.78 is 6.16. The molecule has 0 radical (unpaired) electrons.